The number of hydrogen-bond acceptors (Lipinski definition) is 6. The fraction of sp³-hybridized carbons (Fsp3) is 0.250. The molecule has 0 saturated heterocycles. The molecule has 0 radical (unpaired) electrons. The van der Waals surface area contributed by atoms with Gasteiger partial charge in [-0.05, 0) is 25.0 Å². The average Bonchev–Trinajstić information content (AvgIpc) is 3.22. The first-order valence-electron chi connectivity index (χ1n) is 8.78. The molecule has 6 nitrogen and oxygen atoms in total. The molecule has 1 aromatic carbocycles. The molecule has 0 bridgehead atoms. The number of thiophene rings is 1. The van der Waals surface area contributed by atoms with E-state index in [1.54, 1.807) is 29.3 Å². The molecular formula is C20H21N5OS. The van der Waals surface area contributed by atoms with Crippen LogP contribution in [0.1, 0.15) is 17.4 Å². The quantitative estimate of drug-likeness (QED) is 0.544. The van der Waals surface area contributed by atoms with Gasteiger partial charge in [0, 0.05) is 29.2 Å². The summed E-state index contributed by atoms with van der Waals surface area (Å²) in [6.45, 7) is 4.26. The molecular weight excluding hydrogens is 358 g/mol. The third-order valence-corrected chi connectivity index (χ3v) is 5.54. The molecule has 0 saturated carbocycles. The molecule has 0 aliphatic rings. The van der Waals surface area contributed by atoms with E-state index in [-0.39, 0.29) is 0 Å². The van der Waals surface area contributed by atoms with Crippen molar-refractivity contribution in [3.8, 4) is 16.9 Å². The Balaban J connectivity index is 1.83. The molecule has 4 rings (SSSR count). The molecule has 0 amide bonds. The maximum absolute atomic E-state index is 5.68. The first-order chi connectivity index (χ1) is 13.1. The number of benzene rings is 1. The van der Waals surface area contributed by atoms with Crippen LogP contribution >= 0.6 is 11.3 Å². The van der Waals surface area contributed by atoms with Gasteiger partial charge >= 0.3 is 0 Å². The van der Waals surface area contributed by atoms with Gasteiger partial charge in [0.2, 0.25) is 5.95 Å². The highest BCUT2D eigenvalue weighted by Crippen LogP contribution is 2.41. The summed E-state index contributed by atoms with van der Waals surface area (Å²) in [4.78, 5) is 10.4. The summed E-state index contributed by atoms with van der Waals surface area (Å²) in [6, 6.07) is 6.38. The molecule has 0 aliphatic carbocycles. The highest BCUT2D eigenvalue weighted by atomic mass is 32.1. The lowest BCUT2D eigenvalue weighted by molar-refractivity contribution is 0.416. The minimum absolute atomic E-state index is 0.554. The second-order valence-electron chi connectivity index (χ2n) is 6.36. The molecule has 3 heterocycles. The second-order valence-corrected chi connectivity index (χ2v) is 7.61. The molecule has 0 aliphatic heterocycles. The van der Waals surface area contributed by atoms with Crippen LogP contribution in [0.5, 0.6) is 5.75 Å². The van der Waals surface area contributed by atoms with Crippen molar-refractivity contribution in [1.29, 1.82) is 0 Å². The van der Waals surface area contributed by atoms with Gasteiger partial charge in [-0.2, -0.15) is 5.10 Å². The van der Waals surface area contributed by atoms with E-state index in [9.17, 15) is 0 Å². The minimum atomic E-state index is 0.554. The number of hydrogen-bond donors (Lipinski definition) is 1. The summed E-state index contributed by atoms with van der Waals surface area (Å²) >= 11 is 1.70. The molecule has 0 spiro atoms. The fourth-order valence-electron chi connectivity index (χ4n) is 3.16. The first kappa shape index (κ1) is 17.5. The maximum Gasteiger partial charge on any atom is 0.227 e. The predicted octanol–water partition coefficient (Wildman–Crippen LogP) is 4.71. The van der Waals surface area contributed by atoms with E-state index < -0.39 is 0 Å². The lowest BCUT2D eigenvalue weighted by atomic mass is 10.0. The monoisotopic (exact) mass is 379 g/mol. The zero-order valence-corrected chi connectivity index (χ0v) is 16.6. The maximum atomic E-state index is 5.68. The first-order valence-corrected chi connectivity index (χ1v) is 9.59. The fourth-order valence-corrected chi connectivity index (χ4v) is 4.15. The highest BCUT2D eigenvalue weighted by molar-refractivity contribution is 7.19. The van der Waals surface area contributed by atoms with Crippen molar-refractivity contribution in [3.63, 3.8) is 0 Å². The number of nitrogens with one attached hydrogen (secondary N) is 1. The molecule has 0 atom stereocenters. The van der Waals surface area contributed by atoms with E-state index >= 15 is 0 Å². The highest BCUT2D eigenvalue weighted by Gasteiger charge is 2.18. The third kappa shape index (κ3) is 3.26. The van der Waals surface area contributed by atoms with Crippen LogP contribution in [0.25, 0.3) is 21.3 Å². The Morgan fingerprint density at radius 2 is 2.11 bits per heavy atom. The van der Waals surface area contributed by atoms with Gasteiger partial charge in [-0.3, -0.25) is 4.68 Å². The van der Waals surface area contributed by atoms with Gasteiger partial charge in [0.05, 0.1) is 35.4 Å². The summed E-state index contributed by atoms with van der Waals surface area (Å²) in [5.74, 6) is 1.43. The average molecular weight is 379 g/mol. The Kier molecular flexibility index (Phi) is 4.53. The van der Waals surface area contributed by atoms with Gasteiger partial charge in [0.25, 0.3) is 0 Å². The van der Waals surface area contributed by atoms with Gasteiger partial charge < -0.3 is 10.1 Å². The number of fused-ring (bicyclic) bond motifs is 1. The third-order valence-electron chi connectivity index (χ3n) is 4.51. The number of methoxy groups -OCH3 is 1. The predicted molar refractivity (Wildman–Crippen MR) is 110 cm³/mol. The van der Waals surface area contributed by atoms with Crippen LogP contribution in [0, 0.1) is 6.92 Å². The van der Waals surface area contributed by atoms with Crippen molar-refractivity contribution in [3.05, 3.63) is 47.2 Å². The molecule has 138 valence electrons. The lowest BCUT2D eigenvalue weighted by Gasteiger charge is -2.11. The zero-order chi connectivity index (χ0) is 19.0. The summed E-state index contributed by atoms with van der Waals surface area (Å²) in [7, 11) is 3.59. The van der Waals surface area contributed by atoms with Crippen LogP contribution in [0.3, 0.4) is 0 Å². The Bertz CT molecular complexity index is 1110. The summed E-state index contributed by atoms with van der Waals surface area (Å²) < 4.78 is 8.47. The summed E-state index contributed by atoms with van der Waals surface area (Å²) in [5.41, 5.74) is 5.20. The Hall–Kier alpha value is -2.93. The number of rotatable bonds is 5. The molecule has 1 N–H and O–H groups in total. The number of anilines is 2. The van der Waals surface area contributed by atoms with Gasteiger partial charge in [-0.1, -0.05) is 19.1 Å². The SMILES string of the molecule is CCc1ccc(-c2c(C)sc3cnc(Nc4cnn(C)c4)nc23)c(OC)c1. The summed E-state index contributed by atoms with van der Waals surface area (Å²) in [5, 5.41) is 7.39. The molecule has 0 unspecified atom stereocenters. The molecule has 27 heavy (non-hydrogen) atoms. The van der Waals surface area contributed by atoms with Gasteiger partial charge in [-0.25, -0.2) is 9.97 Å². The number of aryl methyl sites for hydroxylation is 3. The van der Waals surface area contributed by atoms with Crippen molar-refractivity contribution in [1.82, 2.24) is 19.7 Å². The van der Waals surface area contributed by atoms with E-state index in [4.69, 9.17) is 9.72 Å². The van der Waals surface area contributed by atoms with Crippen molar-refractivity contribution in [2.45, 2.75) is 20.3 Å². The van der Waals surface area contributed by atoms with Gasteiger partial charge in [-0.15, -0.1) is 11.3 Å². The van der Waals surface area contributed by atoms with Gasteiger partial charge in [0.1, 0.15) is 5.75 Å². The largest absolute Gasteiger partial charge is 0.496 e. The van der Waals surface area contributed by atoms with E-state index in [0.29, 0.717) is 5.95 Å². The van der Waals surface area contributed by atoms with Crippen molar-refractivity contribution < 1.29 is 4.74 Å². The standard InChI is InChI=1S/C20H21N5OS/c1-5-13-6-7-15(16(8-13)26-4)18-12(2)27-17-10-21-20(24-19(17)18)23-14-9-22-25(3)11-14/h6-11H,5H2,1-4H3,(H,21,23,24). The molecule has 4 aromatic rings. The van der Waals surface area contributed by atoms with Crippen LogP contribution < -0.4 is 10.1 Å². The number of nitrogens with zero attached hydrogens (tertiary/aromatic N) is 4. The van der Waals surface area contributed by atoms with Crippen molar-refractivity contribution >= 4 is 33.2 Å². The Morgan fingerprint density at radius 1 is 1.26 bits per heavy atom. The molecule has 0 fully saturated rings. The smallest absolute Gasteiger partial charge is 0.227 e. The van der Waals surface area contributed by atoms with Crippen LogP contribution in [0.2, 0.25) is 0 Å². The minimum Gasteiger partial charge on any atom is -0.496 e. The summed E-state index contributed by atoms with van der Waals surface area (Å²) in [6.07, 6.45) is 6.48. The second kappa shape index (κ2) is 7.00. The lowest BCUT2D eigenvalue weighted by Crippen LogP contribution is -1.96. The van der Waals surface area contributed by atoms with Crippen LogP contribution in [-0.2, 0) is 13.5 Å². The van der Waals surface area contributed by atoms with Crippen molar-refractivity contribution in [2.75, 3.05) is 12.4 Å². The van der Waals surface area contributed by atoms with Crippen LogP contribution in [0.4, 0.5) is 11.6 Å². The van der Waals surface area contributed by atoms with Crippen LogP contribution in [0.15, 0.2) is 36.8 Å². The molecule has 3 aromatic heterocycles. The zero-order valence-electron chi connectivity index (χ0n) is 15.8. The van der Waals surface area contributed by atoms with E-state index in [0.717, 1.165) is 39.2 Å². The number of aromatic nitrogens is 4. The van der Waals surface area contributed by atoms with Crippen LogP contribution in [-0.4, -0.2) is 26.9 Å². The van der Waals surface area contributed by atoms with E-state index in [2.05, 4.69) is 47.4 Å². The Morgan fingerprint density at radius 3 is 2.81 bits per heavy atom. The number of ether oxygens (including phenoxy) is 1. The topological polar surface area (TPSA) is 64.9 Å². The van der Waals surface area contributed by atoms with E-state index in [1.165, 1.54) is 10.4 Å². The normalized spacial score (nSPS) is 11.1. The van der Waals surface area contributed by atoms with Gasteiger partial charge in [0.15, 0.2) is 0 Å². The Labute approximate surface area is 161 Å². The van der Waals surface area contributed by atoms with Crippen molar-refractivity contribution in [2.24, 2.45) is 7.05 Å². The molecule has 7 heteroatoms. The van der Waals surface area contributed by atoms with E-state index in [1.807, 2.05) is 19.4 Å².